The molecule has 0 radical (unpaired) electrons. The van der Waals surface area contributed by atoms with Gasteiger partial charge in [-0.2, -0.15) is 11.8 Å². The lowest BCUT2D eigenvalue weighted by molar-refractivity contribution is -0.121. The molecule has 8 N–H and O–H groups in total. The third-order valence-electron chi connectivity index (χ3n) is 12.4. The van der Waals surface area contributed by atoms with Crippen molar-refractivity contribution in [1.29, 1.82) is 0 Å². The molecule has 4 aliphatic rings. The van der Waals surface area contributed by atoms with E-state index in [0.29, 0.717) is 92.7 Å². The largest absolute Gasteiger partial charge is 0.454 e. The number of nitrogens with one attached hydrogen (secondary N) is 4. The number of anilines is 2. The lowest BCUT2D eigenvalue weighted by Gasteiger charge is -2.16. The number of nitrogen functional groups attached to an aromatic ring is 2. The number of hydrogen-bond acceptors (Lipinski definition) is 21. The summed E-state index contributed by atoms with van der Waals surface area (Å²) >= 11 is 13.1. The third kappa shape index (κ3) is 15.4. The van der Waals surface area contributed by atoms with E-state index in [9.17, 15) is 9.59 Å². The molecule has 0 spiro atoms. The van der Waals surface area contributed by atoms with Crippen molar-refractivity contribution in [2.24, 2.45) is 0 Å². The van der Waals surface area contributed by atoms with E-state index in [-0.39, 0.29) is 37.6 Å². The number of carbonyl (C=O) groups is 2. The van der Waals surface area contributed by atoms with E-state index < -0.39 is 0 Å². The lowest BCUT2D eigenvalue weighted by atomic mass is 10.0. The van der Waals surface area contributed by atoms with Gasteiger partial charge in [-0.15, -0.1) is 0 Å². The van der Waals surface area contributed by atoms with Crippen molar-refractivity contribution in [2.75, 3.05) is 95.4 Å². The van der Waals surface area contributed by atoms with E-state index >= 15 is 0 Å². The number of benzene rings is 2. The van der Waals surface area contributed by atoms with Gasteiger partial charge in [0.1, 0.15) is 12.7 Å². The number of amides is 3. The maximum atomic E-state index is 12.1. The summed E-state index contributed by atoms with van der Waals surface area (Å²) in [6, 6.07) is 8.31. The highest BCUT2D eigenvalue weighted by atomic mass is 127. The first kappa shape index (κ1) is 57.6. The minimum atomic E-state index is -0.0601. The summed E-state index contributed by atoms with van der Waals surface area (Å²) in [5, 5.41) is 15.3. The summed E-state index contributed by atoms with van der Waals surface area (Å²) < 4.78 is 45.1. The van der Waals surface area contributed by atoms with E-state index in [4.69, 9.17) is 49.6 Å². The van der Waals surface area contributed by atoms with Crippen LogP contribution in [0.15, 0.2) is 57.0 Å². The van der Waals surface area contributed by atoms with Crippen molar-refractivity contribution in [3.8, 4) is 23.0 Å². The number of urea groups is 1. The first-order chi connectivity index (χ1) is 37.6. The fourth-order valence-corrected chi connectivity index (χ4v) is 13.8. The number of nitrogens with two attached hydrogens (primary N) is 2. The first-order valence-corrected chi connectivity index (χ1v) is 31.0. The predicted molar refractivity (Wildman–Crippen MR) is 314 cm³/mol. The molecule has 4 aliphatic heterocycles. The average molecular weight is 1410 g/mol. The zero-order valence-electron chi connectivity index (χ0n) is 41.8. The van der Waals surface area contributed by atoms with E-state index in [2.05, 4.69) is 116 Å². The van der Waals surface area contributed by atoms with Gasteiger partial charge in [-0.1, -0.05) is 45.9 Å². The number of imidazole rings is 2. The number of ether oxygens (including phenoxy) is 7. The number of alkyl halides is 1. The van der Waals surface area contributed by atoms with Crippen molar-refractivity contribution in [1.82, 2.24) is 60.3 Å². The van der Waals surface area contributed by atoms with Crippen molar-refractivity contribution in [3.63, 3.8) is 0 Å². The molecule has 4 aromatic heterocycles. The molecule has 0 aliphatic carbocycles. The van der Waals surface area contributed by atoms with E-state index in [1.54, 1.807) is 11.8 Å². The van der Waals surface area contributed by atoms with Gasteiger partial charge in [-0.3, -0.25) is 4.79 Å². The van der Waals surface area contributed by atoms with Crippen LogP contribution in [0.2, 0.25) is 0 Å². The second-order valence-corrected chi connectivity index (χ2v) is 24.0. The Morgan fingerprint density at radius 2 is 1.27 bits per heavy atom. The van der Waals surface area contributed by atoms with Crippen LogP contribution in [0.5, 0.6) is 23.0 Å². The van der Waals surface area contributed by atoms with Crippen LogP contribution in [-0.2, 0) is 32.1 Å². The van der Waals surface area contributed by atoms with Gasteiger partial charge < -0.3 is 75.0 Å². The van der Waals surface area contributed by atoms with Crippen LogP contribution in [0.25, 0.3) is 22.3 Å². The van der Waals surface area contributed by atoms with Crippen molar-refractivity contribution in [2.45, 2.75) is 89.1 Å². The molecule has 2 fully saturated rings. The number of nitrogens with zero attached hydrogens (tertiary/aromatic N) is 8. The molecule has 6 aromatic rings. The highest BCUT2D eigenvalue weighted by Crippen LogP contribution is 2.43. The number of aryl methyl sites for hydroxylation is 2. The SMILES string of the molecule is Nc1ncnc2c1nc(Sc1cc3c(cc1I)OCO3)n2CCCBr.Nc1ncnc2c1nc(Sc1cc3c(cc1I)OCO3)n2CCCNCCOCCOCCOCCNC(=O)CCCC[C@@H]1SC[C@@H]2NC(=O)N[C@@H]21. The third-order valence-corrected chi connectivity index (χ3v) is 19.1. The molecular formula is C48H59BrI2N14O9S3. The van der Waals surface area contributed by atoms with Crippen LogP contribution in [0, 0.1) is 7.14 Å². The number of aromatic nitrogens is 8. The Labute approximate surface area is 492 Å². The normalized spacial score (nSPS) is 16.9. The van der Waals surface area contributed by atoms with Gasteiger partial charge >= 0.3 is 6.03 Å². The molecular weight excluding hydrogens is 1350 g/mol. The molecule has 29 heteroatoms. The highest BCUT2D eigenvalue weighted by Gasteiger charge is 2.42. The van der Waals surface area contributed by atoms with Gasteiger partial charge in [0.05, 0.1) is 51.7 Å². The molecule has 23 nitrogen and oxygen atoms in total. The van der Waals surface area contributed by atoms with Gasteiger partial charge in [0.2, 0.25) is 19.5 Å². The zero-order chi connectivity index (χ0) is 53.5. The Bertz CT molecular complexity index is 2990. The van der Waals surface area contributed by atoms with E-state index in [1.165, 1.54) is 24.4 Å². The molecule has 3 atom stereocenters. The number of carbonyl (C=O) groups excluding carboxylic acids is 2. The van der Waals surface area contributed by atoms with Crippen LogP contribution in [0.4, 0.5) is 16.4 Å². The highest BCUT2D eigenvalue weighted by molar-refractivity contribution is 14.1. The molecule has 3 amide bonds. The maximum absolute atomic E-state index is 12.1. The summed E-state index contributed by atoms with van der Waals surface area (Å²) in [5.74, 6) is 4.75. The molecule has 10 rings (SSSR count). The van der Waals surface area contributed by atoms with Gasteiger partial charge in [0.15, 0.2) is 67.3 Å². The fraction of sp³-hybridized carbons (Fsp3) is 0.500. The minimum absolute atomic E-state index is 0.0451. The summed E-state index contributed by atoms with van der Waals surface area (Å²) in [5.41, 5.74) is 14.8. The molecule has 77 heavy (non-hydrogen) atoms. The number of hydrogen-bond donors (Lipinski definition) is 6. The summed E-state index contributed by atoms with van der Waals surface area (Å²) in [6.07, 6.45) is 8.09. The molecule has 2 aromatic carbocycles. The Hall–Kier alpha value is -4.09. The van der Waals surface area contributed by atoms with Crippen LogP contribution in [0.3, 0.4) is 0 Å². The molecule has 414 valence electrons. The molecule has 0 saturated carbocycles. The average Bonchev–Trinajstić information content (AvgIpc) is 4.34. The van der Waals surface area contributed by atoms with Crippen LogP contribution >= 0.6 is 96.4 Å². The van der Waals surface area contributed by atoms with Crippen LogP contribution in [-0.4, -0.2) is 152 Å². The predicted octanol–water partition coefficient (Wildman–Crippen LogP) is 6.44. The lowest BCUT2D eigenvalue weighted by Crippen LogP contribution is -2.36. The standard InChI is InChI=1S/C33H46IN9O7S2.C15H13BrIN5O2S/c34-21-16-23-24(50-20-49-23)17-26(21)52-33-42-29-30(35)38-19-39-31(29)43(33)9-3-6-36-7-10-46-12-14-48-15-13-47-11-8-37-27(44)5-2-1-4-25-28-22(18-51-25)40-32(45)41-28;16-2-1-3-22-14-12(13(18)19-6-20-14)21-15(22)25-11-5-10-9(4-8(11)17)23-7-24-10/h16-17,19,22,25,28,36H,1-15,18,20H2,(H,37,44)(H2,35,38,39)(H2,40,41,45);4-6H,1-3,7H2,(H2,18,19,20)/t22-,25-,28-;/m0./s1. The molecule has 8 heterocycles. The maximum Gasteiger partial charge on any atom is 0.315 e. The van der Waals surface area contributed by atoms with Crippen molar-refractivity contribution < 1.29 is 42.7 Å². The van der Waals surface area contributed by atoms with Crippen LogP contribution in [0.1, 0.15) is 38.5 Å². The molecule has 2 saturated heterocycles. The van der Waals surface area contributed by atoms with Crippen molar-refractivity contribution >= 4 is 142 Å². The number of rotatable bonds is 28. The Kier molecular flexibility index (Phi) is 21.6. The smallest absolute Gasteiger partial charge is 0.315 e. The molecule has 0 bridgehead atoms. The summed E-state index contributed by atoms with van der Waals surface area (Å²) in [4.78, 5) is 52.1. The van der Waals surface area contributed by atoms with Crippen molar-refractivity contribution in [3.05, 3.63) is 44.1 Å². The fourth-order valence-electron chi connectivity index (χ4n) is 8.59. The Balaban J connectivity index is 0.000000240. The minimum Gasteiger partial charge on any atom is -0.454 e. The van der Waals surface area contributed by atoms with Gasteiger partial charge in [-0.25, -0.2) is 34.7 Å². The number of thioether (sulfide) groups is 1. The monoisotopic (exact) mass is 1400 g/mol. The van der Waals surface area contributed by atoms with Gasteiger partial charge in [0, 0.05) is 65.9 Å². The first-order valence-electron chi connectivity index (χ1n) is 25.1. The number of unbranched alkanes of at least 4 members (excludes halogenated alkanes) is 1. The van der Waals surface area contributed by atoms with Crippen LogP contribution < -0.4 is 51.7 Å². The Morgan fingerprint density at radius 1 is 0.727 bits per heavy atom. The van der Waals surface area contributed by atoms with E-state index in [1.807, 2.05) is 36.0 Å². The quantitative estimate of drug-likeness (QED) is 0.0133. The number of halogens is 3. The summed E-state index contributed by atoms with van der Waals surface area (Å²) in [6.45, 7) is 6.95. The van der Waals surface area contributed by atoms with Gasteiger partial charge in [0.25, 0.3) is 0 Å². The number of fused-ring (bicyclic) bond motifs is 5. The second-order valence-electron chi connectivity index (χ2n) is 17.6. The zero-order valence-corrected chi connectivity index (χ0v) is 50.2. The topological polar surface area (TPSA) is 286 Å². The van der Waals surface area contributed by atoms with E-state index in [0.717, 1.165) is 119 Å². The Morgan fingerprint density at radius 3 is 1.86 bits per heavy atom. The molecule has 0 unspecified atom stereocenters. The second kappa shape index (κ2) is 28.9. The summed E-state index contributed by atoms with van der Waals surface area (Å²) in [7, 11) is 0. The van der Waals surface area contributed by atoms with Gasteiger partial charge in [-0.05, 0) is 102 Å².